The molecule has 2 saturated heterocycles. The smallest absolute Gasteiger partial charge is 0.230 e. The zero-order valence-electron chi connectivity index (χ0n) is 10.0. The van der Waals surface area contributed by atoms with Gasteiger partial charge in [-0.1, -0.05) is 6.92 Å². The molecule has 0 spiro atoms. The lowest BCUT2D eigenvalue weighted by atomic mass is 9.77. The maximum Gasteiger partial charge on any atom is 0.230 e. The van der Waals surface area contributed by atoms with Gasteiger partial charge >= 0.3 is 0 Å². The van der Waals surface area contributed by atoms with Gasteiger partial charge in [0, 0.05) is 19.6 Å². The summed E-state index contributed by atoms with van der Waals surface area (Å²) in [5.74, 6) is 0.249. The molecule has 2 aliphatic rings. The second-order valence-electron chi connectivity index (χ2n) is 5.11. The second-order valence-corrected chi connectivity index (χ2v) is 5.11. The summed E-state index contributed by atoms with van der Waals surface area (Å²) in [5.41, 5.74) is -0.206. The number of carbonyl (C=O) groups is 1. The van der Waals surface area contributed by atoms with E-state index in [-0.39, 0.29) is 17.4 Å². The van der Waals surface area contributed by atoms with E-state index in [1.165, 1.54) is 0 Å². The van der Waals surface area contributed by atoms with Crippen LogP contribution >= 0.6 is 0 Å². The molecule has 92 valence electrons. The van der Waals surface area contributed by atoms with Crippen molar-refractivity contribution >= 4 is 5.91 Å². The number of carbonyl (C=O) groups excluding carboxylic acids is 1. The minimum absolute atomic E-state index is 0.206. The van der Waals surface area contributed by atoms with E-state index in [9.17, 15) is 9.90 Å². The first kappa shape index (κ1) is 11.9. The van der Waals surface area contributed by atoms with Crippen LogP contribution in [0.25, 0.3) is 0 Å². The molecule has 0 aromatic carbocycles. The summed E-state index contributed by atoms with van der Waals surface area (Å²) in [6.07, 6.45) is 3.39. The lowest BCUT2D eigenvalue weighted by Crippen LogP contribution is -2.51. The predicted molar refractivity (Wildman–Crippen MR) is 62.0 cm³/mol. The van der Waals surface area contributed by atoms with Crippen molar-refractivity contribution in [2.75, 3.05) is 26.2 Å². The van der Waals surface area contributed by atoms with Crippen molar-refractivity contribution in [2.45, 2.75) is 38.7 Å². The first-order valence-electron chi connectivity index (χ1n) is 6.36. The molecule has 1 unspecified atom stereocenters. The number of aliphatic hydroxyl groups is 1. The van der Waals surface area contributed by atoms with Gasteiger partial charge in [0.15, 0.2) is 0 Å². The Morgan fingerprint density at radius 1 is 1.62 bits per heavy atom. The molecule has 2 heterocycles. The van der Waals surface area contributed by atoms with E-state index in [2.05, 4.69) is 12.2 Å². The normalized spacial score (nSPS) is 35.4. The van der Waals surface area contributed by atoms with Crippen LogP contribution in [0, 0.1) is 5.41 Å². The van der Waals surface area contributed by atoms with Crippen molar-refractivity contribution in [1.29, 1.82) is 0 Å². The minimum Gasteiger partial charge on any atom is -0.391 e. The third kappa shape index (κ3) is 2.09. The van der Waals surface area contributed by atoms with E-state index in [1.54, 1.807) is 0 Å². The van der Waals surface area contributed by atoms with E-state index in [0.717, 1.165) is 45.3 Å². The maximum atomic E-state index is 12.5. The van der Waals surface area contributed by atoms with E-state index in [1.807, 2.05) is 4.90 Å². The standard InChI is InChI=1S/C12H22N2O2/c1-2-12(5-3-6-13-9-12)11(16)14-7-4-10(15)8-14/h10,13,15H,2-9H2,1H3/t10-,12?/m0/s1. The molecule has 2 aliphatic heterocycles. The number of likely N-dealkylation sites (tertiary alicyclic amines) is 1. The van der Waals surface area contributed by atoms with Crippen LogP contribution in [-0.2, 0) is 4.79 Å². The number of nitrogens with zero attached hydrogens (tertiary/aromatic N) is 1. The van der Waals surface area contributed by atoms with Gasteiger partial charge in [-0.2, -0.15) is 0 Å². The lowest BCUT2D eigenvalue weighted by molar-refractivity contribution is -0.142. The highest BCUT2D eigenvalue weighted by molar-refractivity contribution is 5.83. The first-order chi connectivity index (χ1) is 7.68. The average molecular weight is 226 g/mol. The number of nitrogens with one attached hydrogen (secondary N) is 1. The summed E-state index contributed by atoms with van der Waals surface area (Å²) in [6, 6.07) is 0. The van der Waals surface area contributed by atoms with Gasteiger partial charge in [0.05, 0.1) is 11.5 Å². The van der Waals surface area contributed by atoms with Crippen LogP contribution < -0.4 is 5.32 Å². The zero-order chi connectivity index (χ0) is 11.6. The molecule has 0 bridgehead atoms. The molecule has 0 aliphatic carbocycles. The highest BCUT2D eigenvalue weighted by Gasteiger charge is 2.42. The van der Waals surface area contributed by atoms with E-state index >= 15 is 0 Å². The number of aliphatic hydroxyl groups excluding tert-OH is 1. The maximum absolute atomic E-state index is 12.5. The number of piperidine rings is 1. The first-order valence-corrected chi connectivity index (χ1v) is 6.36. The highest BCUT2D eigenvalue weighted by Crippen LogP contribution is 2.33. The Morgan fingerprint density at radius 3 is 2.94 bits per heavy atom. The van der Waals surface area contributed by atoms with Gasteiger partial charge in [0.25, 0.3) is 0 Å². The van der Waals surface area contributed by atoms with Crippen LogP contribution in [0.4, 0.5) is 0 Å². The molecule has 4 nitrogen and oxygen atoms in total. The summed E-state index contributed by atoms with van der Waals surface area (Å²) >= 11 is 0. The Balaban J connectivity index is 2.05. The fraction of sp³-hybridized carbons (Fsp3) is 0.917. The molecule has 0 aromatic rings. The molecule has 16 heavy (non-hydrogen) atoms. The molecule has 4 heteroatoms. The third-order valence-electron chi connectivity index (χ3n) is 4.05. The van der Waals surface area contributed by atoms with Crippen molar-refractivity contribution in [3.8, 4) is 0 Å². The molecular weight excluding hydrogens is 204 g/mol. The minimum atomic E-state index is -0.311. The van der Waals surface area contributed by atoms with Crippen LogP contribution in [-0.4, -0.2) is 48.2 Å². The van der Waals surface area contributed by atoms with Gasteiger partial charge in [-0.15, -0.1) is 0 Å². The van der Waals surface area contributed by atoms with Gasteiger partial charge in [0.1, 0.15) is 0 Å². The van der Waals surface area contributed by atoms with E-state index in [4.69, 9.17) is 0 Å². The van der Waals surface area contributed by atoms with E-state index in [0.29, 0.717) is 6.54 Å². The molecule has 2 rings (SSSR count). The molecule has 0 radical (unpaired) electrons. The van der Waals surface area contributed by atoms with Crippen LogP contribution in [0.2, 0.25) is 0 Å². The lowest BCUT2D eigenvalue weighted by Gasteiger charge is -2.38. The molecule has 0 aromatic heterocycles. The van der Waals surface area contributed by atoms with Crippen LogP contribution in [0.5, 0.6) is 0 Å². The van der Waals surface area contributed by atoms with Crippen molar-refractivity contribution in [1.82, 2.24) is 10.2 Å². The summed E-state index contributed by atoms with van der Waals surface area (Å²) < 4.78 is 0. The van der Waals surface area contributed by atoms with Crippen molar-refractivity contribution in [3.05, 3.63) is 0 Å². The third-order valence-corrected chi connectivity index (χ3v) is 4.05. The van der Waals surface area contributed by atoms with Gasteiger partial charge < -0.3 is 15.3 Å². The quantitative estimate of drug-likeness (QED) is 0.715. The fourth-order valence-electron chi connectivity index (χ4n) is 2.87. The van der Waals surface area contributed by atoms with Gasteiger partial charge in [-0.05, 0) is 32.2 Å². The summed E-state index contributed by atoms with van der Waals surface area (Å²) in [5, 5.41) is 12.8. The Labute approximate surface area is 97.0 Å². The van der Waals surface area contributed by atoms with Crippen LogP contribution in [0.1, 0.15) is 32.6 Å². The molecule has 0 saturated carbocycles. The monoisotopic (exact) mass is 226 g/mol. The largest absolute Gasteiger partial charge is 0.391 e. The summed E-state index contributed by atoms with van der Waals surface area (Å²) in [7, 11) is 0. The van der Waals surface area contributed by atoms with Crippen LogP contribution in [0.15, 0.2) is 0 Å². The van der Waals surface area contributed by atoms with Gasteiger partial charge in [-0.3, -0.25) is 4.79 Å². The van der Waals surface area contributed by atoms with Gasteiger partial charge in [-0.25, -0.2) is 0 Å². The van der Waals surface area contributed by atoms with Crippen LogP contribution in [0.3, 0.4) is 0 Å². The molecular formula is C12H22N2O2. The summed E-state index contributed by atoms with van der Waals surface area (Å²) in [4.78, 5) is 14.3. The van der Waals surface area contributed by atoms with Crippen molar-refractivity contribution in [3.63, 3.8) is 0 Å². The number of hydrogen-bond acceptors (Lipinski definition) is 3. The average Bonchev–Trinajstić information content (AvgIpc) is 2.76. The van der Waals surface area contributed by atoms with Crippen molar-refractivity contribution < 1.29 is 9.90 Å². The van der Waals surface area contributed by atoms with Gasteiger partial charge in [0.2, 0.25) is 5.91 Å². The number of β-amino-alcohol motifs (C(OH)–C–C–N with tert-alkyl or cyclic N) is 1. The highest BCUT2D eigenvalue weighted by atomic mass is 16.3. The Morgan fingerprint density at radius 2 is 2.44 bits per heavy atom. The number of rotatable bonds is 2. The molecule has 2 atom stereocenters. The molecule has 2 N–H and O–H groups in total. The van der Waals surface area contributed by atoms with E-state index < -0.39 is 0 Å². The fourth-order valence-corrected chi connectivity index (χ4v) is 2.87. The number of amides is 1. The molecule has 1 amide bonds. The Kier molecular flexibility index (Phi) is 3.50. The molecule has 2 fully saturated rings. The Hall–Kier alpha value is -0.610. The second kappa shape index (κ2) is 4.72. The summed E-state index contributed by atoms with van der Waals surface area (Å²) in [6.45, 7) is 5.17. The zero-order valence-corrected chi connectivity index (χ0v) is 10.0. The number of hydrogen-bond donors (Lipinski definition) is 2. The Bertz CT molecular complexity index is 262. The van der Waals surface area contributed by atoms with Crippen molar-refractivity contribution in [2.24, 2.45) is 5.41 Å². The SMILES string of the molecule is CCC1(C(=O)N2CC[C@H](O)C2)CCCNC1. The topological polar surface area (TPSA) is 52.6 Å². The predicted octanol–water partition coefficient (Wildman–Crippen LogP) is 0.359.